The molecule has 2 aromatic carbocycles. The molecule has 2 aromatic rings. The molecule has 1 fully saturated rings. The zero-order chi connectivity index (χ0) is 19.2. The molecule has 4 heteroatoms. The Bertz CT molecular complexity index is 780. The van der Waals surface area contributed by atoms with Gasteiger partial charge in [0.1, 0.15) is 0 Å². The number of rotatable bonds is 8. The van der Waals surface area contributed by atoms with Crippen LogP contribution in [0.2, 0.25) is 0 Å². The second-order valence-electron chi connectivity index (χ2n) is 7.37. The van der Waals surface area contributed by atoms with Crippen LogP contribution in [-0.2, 0) is 11.2 Å². The lowest BCUT2D eigenvalue weighted by Crippen LogP contribution is -2.28. The van der Waals surface area contributed by atoms with Crippen LogP contribution < -0.4 is 0 Å². The molecule has 0 spiro atoms. The van der Waals surface area contributed by atoms with Crippen LogP contribution in [0.1, 0.15) is 48.5 Å². The van der Waals surface area contributed by atoms with E-state index in [1.807, 2.05) is 12.1 Å². The Kier molecular flexibility index (Phi) is 6.40. The Morgan fingerprint density at radius 1 is 1.00 bits per heavy atom. The van der Waals surface area contributed by atoms with Crippen molar-refractivity contribution in [1.82, 2.24) is 4.90 Å². The number of carboxylic acids is 1. The van der Waals surface area contributed by atoms with Crippen molar-refractivity contribution >= 4 is 11.8 Å². The number of likely N-dealkylation sites (tertiary alicyclic amines) is 1. The Morgan fingerprint density at radius 2 is 1.63 bits per heavy atom. The largest absolute Gasteiger partial charge is 0.481 e. The maximum absolute atomic E-state index is 12.0. The highest BCUT2D eigenvalue weighted by Gasteiger charge is 2.19. The first-order valence-electron chi connectivity index (χ1n) is 9.71. The lowest BCUT2D eigenvalue weighted by molar-refractivity contribution is -0.136. The van der Waals surface area contributed by atoms with Gasteiger partial charge in [-0.1, -0.05) is 48.5 Å². The van der Waals surface area contributed by atoms with Crippen LogP contribution in [-0.4, -0.2) is 40.9 Å². The zero-order valence-corrected chi connectivity index (χ0v) is 15.9. The summed E-state index contributed by atoms with van der Waals surface area (Å²) in [5, 5.41) is 8.68. The van der Waals surface area contributed by atoms with Gasteiger partial charge < -0.3 is 10.0 Å². The van der Waals surface area contributed by atoms with Crippen molar-refractivity contribution in [2.45, 2.75) is 45.1 Å². The summed E-state index contributed by atoms with van der Waals surface area (Å²) >= 11 is 0. The standard InChI is InChI=1S/C23H27NO3/c1-17-3-2-15-24(17)16-14-18-4-6-19(7-5-18)20-8-10-21(11-9-20)22(25)12-13-23(26)27/h4-11,17H,2-3,12-16H2,1H3,(H,26,27). The Morgan fingerprint density at radius 3 is 2.19 bits per heavy atom. The van der Waals surface area contributed by atoms with Crippen LogP contribution in [0.15, 0.2) is 48.5 Å². The van der Waals surface area contributed by atoms with Crippen LogP contribution in [0, 0.1) is 0 Å². The normalized spacial score (nSPS) is 17.1. The fourth-order valence-corrected chi connectivity index (χ4v) is 3.67. The molecule has 0 saturated carbocycles. The molecule has 142 valence electrons. The second-order valence-corrected chi connectivity index (χ2v) is 7.37. The third-order valence-electron chi connectivity index (χ3n) is 5.44. The van der Waals surface area contributed by atoms with Crippen LogP contribution in [0.5, 0.6) is 0 Å². The molecule has 1 aliphatic heterocycles. The molecule has 0 aliphatic carbocycles. The summed E-state index contributed by atoms with van der Waals surface area (Å²) in [7, 11) is 0. The van der Waals surface area contributed by atoms with Crippen molar-refractivity contribution in [3.05, 3.63) is 59.7 Å². The van der Waals surface area contributed by atoms with Crippen LogP contribution >= 0.6 is 0 Å². The topological polar surface area (TPSA) is 57.6 Å². The zero-order valence-electron chi connectivity index (χ0n) is 15.9. The molecule has 1 N–H and O–H groups in total. The second kappa shape index (κ2) is 8.96. The molecule has 1 aliphatic rings. The first kappa shape index (κ1) is 19.3. The summed E-state index contributed by atoms with van der Waals surface area (Å²) < 4.78 is 0. The van der Waals surface area contributed by atoms with Crippen molar-refractivity contribution in [3.8, 4) is 11.1 Å². The average Bonchev–Trinajstić information content (AvgIpc) is 3.10. The molecule has 0 aromatic heterocycles. The smallest absolute Gasteiger partial charge is 0.303 e. The summed E-state index contributed by atoms with van der Waals surface area (Å²) in [6.45, 7) is 4.65. The van der Waals surface area contributed by atoms with Crippen molar-refractivity contribution < 1.29 is 14.7 Å². The SMILES string of the molecule is CC1CCCN1CCc1ccc(-c2ccc(C(=O)CCC(=O)O)cc2)cc1. The maximum Gasteiger partial charge on any atom is 0.303 e. The molecular weight excluding hydrogens is 338 g/mol. The molecule has 1 unspecified atom stereocenters. The number of nitrogens with zero attached hydrogens (tertiary/aromatic N) is 1. The van der Waals surface area contributed by atoms with Crippen LogP contribution in [0.25, 0.3) is 11.1 Å². The Labute approximate surface area is 160 Å². The predicted molar refractivity (Wildman–Crippen MR) is 107 cm³/mol. The molecule has 3 rings (SSSR count). The number of carboxylic acid groups (broad SMARTS) is 1. The minimum absolute atomic E-state index is 0.0407. The van der Waals surface area contributed by atoms with E-state index < -0.39 is 5.97 Å². The highest BCUT2D eigenvalue weighted by atomic mass is 16.4. The van der Waals surface area contributed by atoms with Gasteiger partial charge in [0.2, 0.25) is 0 Å². The molecule has 4 nitrogen and oxygen atoms in total. The van der Waals surface area contributed by atoms with E-state index in [-0.39, 0.29) is 18.6 Å². The van der Waals surface area contributed by atoms with E-state index in [9.17, 15) is 9.59 Å². The molecule has 1 saturated heterocycles. The quantitative estimate of drug-likeness (QED) is 0.703. The highest BCUT2D eigenvalue weighted by molar-refractivity contribution is 5.97. The fraction of sp³-hybridized carbons (Fsp3) is 0.391. The summed E-state index contributed by atoms with van der Waals surface area (Å²) in [5.74, 6) is -1.07. The number of hydrogen-bond donors (Lipinski definition) is 1. The van der Waals surface area contributed by atoms with E-state index in [1.54, 1.807) is 12.1 Å². The first-order valence-corrected chi connectivity index (χ1v) is 9.71. The monoisotopic (exact) mass is 365 g/mol. The van der Waals surface area contributed by atoms with E-state index in [4.69, 9.17) is 5.11 Å². The van der Waals surface area contributed by atoms with Gasteiger partial charge in [0.15, 0.2) is 5.78 Å². The van der Waals surface area contributed by atoms with Gasteiger partial charge in [-0.2, -0.15) is 0 Å². The number of carbonyl (C=O) groups excluding carboxylic acids is 1. The average molecular weight is 365 g/mol. The highest BCUT2D eigenvalue weighted by Crippen LogP contribution is 2.22. The van der Waals surface area contributed by atoms with Gasteiger partial charge in [0.05, 0.1) is 6.42 Å². The van der Waals surface area contributed by atoms with E-state index >= 15 is 0 Å². The third kappa shape index (κ3) is 5.27. The minimum atomic E-state index is -0.945. The summed E-state index contributed by atoms with van der Waals surface area (Å²) in [6.07, 6.45) is 3.61. The minimum Gasteiger partial charge on any atom is -0.481 e. The van der Waals surface area contributed by atoms with Crippen molar-refractivity contribution in [2.75, 3.05) is 13.1 Å². The number of hydrogen-bond acceptors (Lipinski definition) is 3. The van der Waals surface area contributed by atoms with Gasteiger partial charge in [-0.25, -0.2) is 0 Å². The van der Waals surface area contributed by atoms with Crippen molar-refractivity contribution in [3.63, 3.8) is 0 Å². The van der Waals surface area contributed by atoms with E-state index in [0.29, 0.717) is 11.6 Å². The molecule has 0 radical (unpaired) electrons. The van der Waals surface area contributed by atoms with E-state index in [1.165, 1.54) is 24.9 Å². The van der Waals surface area contributed by atoms with Gasteiger partial charge in [0.25, 0.3) is 0 Å². The number of Topliss-reactive ketones (excluding diaryl/α,β-unsaturated/α-hetero) is 1. The predicted octanol–water partition coefficient (Wildman–Crippen LogP) is 4.43. The lowest BCUT2D eigenvalue weighted by Gasteiger charge is -2.20. The van der Waals surface area contributed by atoms with Crippen LogP contribution in [0.4, 0.5) is 0 Å². The molecule has 1 atom stereocenters. The maximum atomic E-state index is 12.0. The molecular formula is C23H27NO3. The van der Waals surface area contributed by atoms with Crippen molar-refractivity contribution in [1.29, 1.82) is 0 Å². The number of benzene rings is 2. The number of ketones is 1. The number of aliphatic carboxylic acids is 1. The summed E-state index contributed by atoms with van der Waals surface area (Å²) in [6, 6.07) is 16.7. The van der Waals surface area contributed by atoms with E-state index in [0.717, 1.165) is 24.1 Å². The van der Waals surface area contributed by atoms with Gasteiger partial charge in [-0.15, -0.1) is 0 Å². The third-order valence-corrected chi connectivity index (χ3v) is 5.44. The molecule has 27 heavy (non-hydrogen) atoms. The molecule has 1 heterocycles. The van der Waals surface area contributed by atoms with E-state index in [2.05, 4.69) is 36.1 Å². The molecule has 0 amide bonds. The van der Waals surface area contributed by atoms with Gasteiger partial charge in [0, 0.05) is 24.6 Å². The fourth-order valence-electron chi connectivity index (χ4n) is 3.67. The summed E-state index contributed by atoms with van der Waals surface area (Å²) in [4.78, 5) is 25.1. The molecule has 0 bridgehead atoms. The lowest BCUT2D eigenvalue weighted by atomic mass is 9.99. The Hall–Kier alpha value is -2.46. The number of carbonyl (C=O) groups is 2. The summed E-state index contributed by atoms with van der Waals surface area (Å²) in [5.41, 5.74) is 4.09. The Balaban J connectivity index is 1.58. The van der Waals surface area contributed by atoms with Gasteiger partial charge >= 0.3 is 5.97 Å². The van der Waals surface area contributed by atoms with Gasteiger partial charge in [-0.05, 0) is 49.4 Å². The van der Waals surface area contributed by atoms with Gasteiger partial charge in [-0.3, -0.25) is 9.59 Å². The first-order chi connectivity index (χ1) is 13.0. The van der Waals surface area contributed by atoms with Crippen molar-refractivity contribution in [2.24, 2.45) is 0 Å². The van der Waals surface area contributed by atoms with Crippen LogP contribution in [0.3, 0.4) is 0 Å².